The molecule has 1 heterocycles. The molecule has 0 aliphatic heterocycles. The molecule has 0 atom stereocenters. The van der Waals surface area contributed by atoms with Gasteiger partial charge in [0.05, 0.1) is 5.52 Å². The molecule has 0 bridgehead atoms. The molecule has 0 unspecified atom stereocenters. The number of aromatic nitrogens is 1. The molecular weight excluding hydrogens is 259 g/mol. The summed E-state index contributed by atoms with van der Waals surface area (Å²) in [6, 6.07) is 10.4. The largest absolute Gasteiger partial charge is 0.358 e. The van der Waals surface area contributed by atoms with Crippen LogP contribution in [0.1, 0.15) is 25.3 Å². The summed E-state index contributed by atoms with van der Waals surface area (Å²) in [5.74, 6) is 0.563. The van der Waals surface area contributed by atoms with Crippen molar-refractivity contribution < 1.29 is 32.7 Å². The summed E-state index contributed by atoms with van der Waals surface area (Å²) in [6.07, 6.45) is 1.84. The van der Waals surface area contributed by atoms with Gasteiger partial charge < -0.3 is 7.43 Å². The van der Waals surface area contributed by atoms with Gasteiger partial charge in [0.1, 0.15) is 0 Å². The third kappa shape index (κ3) is 3.09. The van der Waals surface area contributed by atoms with E-state index < -0.39 is 0 Å². The van der Waals surface area contributed by atoms with E-state index >= 15 is 0 Å². The molecule has 0 saturated carbocycles. The van der Waals surface area contributed by atoms with Crippen LogP contribution in [0.25, 0.3) is 10.9 Å². The van der Waals surface area contributed by atoms with Crippen LogP contribution in [0.4, 0.5) is 0 Å². The van der Waals surface area contributed by atoms with Crippen molar-refractivity contribution >= 4 is 10.9 Å². The van der Waals surface area contributed by atoms with Crippen LogP contribution in [0, 0.1) is 7.43 Å². The van der Waals surface area contributed by atoms with Gasteiger partial charge >= 0.3 is 0 Å². The van der Waals surface area contributed by atoms with E-state index in [-0.39, 0.29) is 40.1 Å². The predicted molar refractivity (Wildman–Crippen MR) is 62.2 cm³/mol. The molecule has 2 heteroatoms. The Morgan fingerprint density at radius 3 is 2.47 bits per heavy atom. The first kappa shape index (κ1) is 14.7. The average molecular weight is 275 g/mol. The molecule has 2 aromatic rings. The molecule has 1 radical (unpaired) electrons. The van der Waals surface area contributed by atoms with Gasteiger partial charge in [-0.05, 0) is 23.6 Å². The number of hydrogen-bond acceptors (Lipinski definition) is 1. The van der Waals surface area contributed by atoms with Gasteiger partial charge in [0.25, 0.3) is 0 Å². The van der Waals surface area contributed by atoms with Crippen molar-refractivity contribution in [1.82, 2.24) is 4.98 Å². The van der Waals surface area contributed by atoms with Gasteiger partial charge in [0.15, 0.2) is 0 Å². The first-order chi connectivity index (χ1) is 6.29. The Hall–Kier alpha value is -0.266. The standard InChI is InChI=1S/C12H13N.CH3.Y/c1-9(2)10-5-3-7-12-11(10)6-4-8-13-12;;/h3-9H,1-2H3;1H3;/q;-1;. The van der Waals surface area contributed by atoms with Crippen LogP contribution in [0.3, 0.4) is 0 Å². The number of benzene rings is 1. The predicted octanol–water partition coefficient (Wildman–Crippen LogP) is 3.81. The van der Waals surface area contributed by atoms with E-state index in [2.05, 4.69) is 43.1 Å². The zero-order valence-electron chi connectivity index (χ0n) is 9.57. The summed E-state index contributed by atoms with van der Waals surface area (Å²) in [7, 11) is 0. The Morgan fingerprint density at radius 2 is 1.80 bits per heavy atom. The van der Waals surface area contributed by atoms with E-state index in [1.165, 1.54) is 10.9 Å². The van der Waals surface area contributed by atoms with Gasteiger partial charge in [-0.1, -0.05) is 32.0 Å². The molecule has 1 aromatic heterocycles. The van der Waals surface area contributed by atoms with Gasteiger partial charge in [0, 0.05) is 44.3 Å². The summed E-state index contributed by atoms with van der Waals surface area (Å²) in [5, 5.41) is 1.28. The van der Waals surface area contributed by atoms with Crippen LogP contribution in [-0.4, -0.2) is 4.98 Å². The van der Waals surface area contributed by atoms with E-state index in [0.29, 0.717) is 5.92 Å². The van der Waals surface area contributed by atoms with Crippen LogP contribution >= 0.6 is 0 Å². The number of fused-ring (bicyclic) bond motifs is 1. The maximum absolute atomic E-state index is 4.32. The summed E-state index contributed by atoms with van der Waals surface area (Å²) in [4.78, 5) is 4.32. The summed E-state index contributed by atoms with van der Waals surface area (Å²) >= 11 is 0. The molecular formula is C13H16NY-. The molecule has 0 aliphatic rings. The fraction of sp³-hybridized carbons (Fsp3) is 0.231. The Kier molecular flexibility index (Phi) is 6.23. The Bertz CT molecular complexity index is 418. The SMILES string of the molecule is CC(C)c1cccc2ncccc12.[CH3-].[Y]. The van der Waals surface area contributed by atoms with Crippen LogP contribution in [0.15, 0.2) is 36.5 Å². The smallest absolute Gasteiger partial charge is 0.0704 e. The molecule has 0 saturated heterocycles. The normalized spacial score (nSPS) is 9.53. The van der Waals surface area contributed by atoms with Gasteiger partial charge in [0.2, 0.25) is 0 Å². The van der Waals surface area contributed by atoms with E-state index in [1.807, 2.05) is 12.3 Å². The monoisotopic (exact) mass is 275 g/mol. The number of hydrogen-bond donors (Lipinski definition) is 0. The molecule has 1 aromatic carbocycles. The van der Waals surface area contributed by atoms with Crippen molar-refractivity contribution in [2.75, 3.05) is 0 Å². The molecule has 0 spiro atoms. The Labute approximate surface area is 117 Å². The van der Waals surface area contributed by atoms with Crippen LogP contribution < -0.4 is 0 Å². The minimum Gasteiger partial charge on any atom is -0.358 e. The summed E-state index contributed by atoms with van der Waals surface area (Å²) < 4.78 is 0. The molecule has 0 amide bonds. The van der Waals surface area contributed by atoms with Crippen molar-refractivity contribution in [3.63, 3.8) is 0 Å². The van der Waals surface area contributed by atoms with Crippen LogP contribution in [0.2, 0.25) is 0 Å². The zero-order chi connectivity index (χ0) is 9.26. The maximum Gasteiger partial charge on any atom is 0.0704 e. The van der Waals surface area contributed by atoms with Crippen molar-refractivity contribution in [2.24, 2.45) is 0 Å². The second-order valence-electron chi connectivity index (χ2n) is 3.57. The second-order valence-corrected chi connectivity index (χ2v) is 3.57. The van der Waals surface area contributed by atoms with Gasteiger partial charge in [-0.25, -0.2) is 0 Å². The third-order valence-corrected chi connectivity index (χ3v) is 2.30. The number of rotatable bonds is 1. The van der Waals surface area contributed by atoms with Crippen molar-refractivity contribution in [2.45, 2.75) is 19.8 Å². The number of pyridine rings is 1. The minimum absolute atomic E-state index is 0. The van der Waals surface area contributed by atoms with Crippen molar-refractivity contribution in [3.8, 4) is 0 Å². The molecule has 2 rings (SSSR count). The van der Waals surface area contributed by atoms with E-state index in [4.69, 9.17) is 0 Å². The molecule has 0 aliphatic carbocycles. The van der Waals surface area contributed by atoms with Crippen LogP contribution in [-0.2, 0) is 32.7 Å². The molecule has 1 nitrogen and oxygen atoms in total. The summed E-state index contributed by atoms with van der Waals surface area (Å²) in [6.45, 7) is 4.42. The second kappa shape index (κ2) is 6.35. The average Bonchev–Trinajstić information content (AvgIpc) is 2.17. The van der Waals surface area contributed by atoms with Crippen LogP contribution in [0.5, 0.6) is 0 Å². The van der Waals surface area contributed by atoms with E-state index in [0.717, 1.165) is 5.52 Å². The van der Waals surface area contributed by atoms with Crippen molar-refractivity contribution in [1.29, 1.82) is 0 Å². The van der Waals surface area contributed by atoms with E-state index in [1.54, 1.807) is 0 Å². The zero-order valence-corrected chi connectivity index (χ0v) is 12.4. The molecule has 15 heavy (non-hydrogen) atoms. The molecule has 0 fully saturated rings. The summed E-state index contributed by atoms with van der Waals surface area (Å²) in [5.41, 5.74) is 2.47. The number of nitrogens with zero attached hydrogens (tertiary/aromatic N) is 1. The molecule has 0 N–H and O–H groups in total. The quantitative estimate of drug-likeness (QED) is 0.721. The van der Waals surface area contributed by atoms with Gasteiger partial charge in [-0.15, -0.1) is 0 Å². The van der Waals surface area contributed by atoms with Gasteiger partial charge in [-0.3, -0.25) is 4.98 Å². The van der Waals surface area contributed by atoms with E-state index in [9.17, 15) is 0 Å². The fourth-order valence-electron chi connectivity index (χ4n) is 1.63. The topological polar surface area (TPSA) is 12.9 Å². The minimum atomic E-state index is 0. The first-order valence-corrected chi connectivity index (χ1v) is 4.62. The van der Waals surface area contributed by atoms with Crippen molar-refractivity contribution in [3.05, 3.63) is 49.5 Å². The third-order valence-electron chi connectivity index (χ3n) is 2.30. The Balaban J connectivity index is 0.000000980. The fourth-order valence-corrected chi connectivity index (χ4v) is 1.63. The molecule has 77 valence electrons. The maximum atomic E-state index is 4.32. The Morgan fingerprint density at radius 1 is 1.07 bits per heavy atom. The first-order valence-electron chi connectivity index (χ1n) is 4.62. The van der Waals surface area contributed by atoms with Gasteiger partial charge in [-0.2, -0.15) is 0 Å².